The molecule has 0 aliphatic rings. The van der Waals surface area contributed by atoms with Crippen molar-refractivity contribution in [2.24, 2.45) is 0 Å². The Morgan fingerprint density at radius 3 is 2.60 bits per heavy atom. The van der Waals surface area contributed by atoms with E-state index in [1.165, 1.54) is 12.1 Å². The first-order valence-electron chi connectivity index (χ1n) is 6.59. The molecule has 1 unspecified atom stereocenters. The van der Waals surface area contributed by atoms with Crippen molar-refractivity contribution in [3.8, 4) is 0 Å². The first-order chi connectivity index (χ1) is 9.63. The van der Waals surface area contributed by atoms with Gasteiger partial charge in [0.25, 0.3) is 0 Å². The summed E-state index contributed by atoms with van der Waals surface area (Å²) in [6.45, 7) is 2.92. The molecule has 0 spiro atoms. The van der Waals surface area contributed by atoms with Gasteiger partial charge in [-0.3, -0.25) is 4.90 Å². The number of rotatable bonds is 6. The van der Waals surface area contributed by atoms with Crippen molar-refractivity contribution >= 4 is 22.9 Å². The molecule has 20 heavy (non-hydrogen) atoms. The lowest BCUT2D eigenvalue weighted by molar-refractivity contribution is 0.229. The largest absolute Gasteiger partial charge is 0.293 e. The van der Waals surface area contributed by atoms with Crippen molar-refractivity contribution < 1.29 is 4.39 Å². The highest BCUT2D eigenvalue weighted by Crippen LogP contribution is 2.27. The van der Waals surface area contributed by atoms with Gasteiger partial charge in [0.15, 0.2) is 0 Å². The molecule has 1 aromatic heterocycles. The van der Waals surface area contributed by atoms with Gasteiger partial charge in [-0.15, -0.1) is 22.9 Å². The zero-order valence-corrected chi connectivity index (χ0v) is 13.2. The smallest absolute Gasteiger partial charge is 0.123 e. The molecule has 2 nitrogen and oxygen atoms in total. The Balaban J connectivity index is 2.08. The van der Waals surface area contributed by atoms with Crippen LogP contribution in [0.1, 0.15) is 35.7 Å². The van der Waals surface area contributed by atoms with Gasteiger partial charge in [-0.1, -0.05) is 19.1 Å². The molecule has 0 saturated carbocycles. The fourth-order valence-corrected chi connectivity index (χ4v) is 3.49. The average molecular weight is 313 g/mol. The summed E-state index contributed by atoms with van der Waals surface area (Å²) < 4.78 is 12.9. The van der Waals surface area contributed by atoms with E-state index in [1.54, 1.807) is 11.3 Å². The normalized spacial score (nSPS) is 12.8. The molecule has 0 saturated heterocycles. The number of halogens is 2. The maximum Gasteiger partial charge on any atom is 0.123 e. The lowest BCUT2D eigenvalue weighted by Gasteiger charge is -2.25. The Kier molecular flexibility index (Phi) is 5.52. The van der Waals surface area contributed by atoms with Gasteiger partial charge < -0.3 is 0 Å². The maximum absolute atomic E-state index is 12.9. The molecular formula is C15H18ClFN2S. The minimum Gasteiger partial charge on any atom is -0.293 e. The highest BCUT2D eigenvalue weighted by atomic mass is 35.5. The van der Waals surface area contributed by atoms with Crippen LogP contribution in [-0.2, 0) is 12.4 Å². The van der Waals surface area contributed by atoms with Crippen LogP contribution in [0.15, 0.2) is 29.6 Å². The Labute approximate surface area is 128 Å². The molecule has 5 heteroatoms. The lowest BCUT2D eigenvalue weighted by atomic mass is 10.1. The molecule has 0 bridgehead atoms. The molecule has 0 aliphatic heterocycles. The number of hydrogen-bond donors (Lipinski definition) is 0. The van der Waals surface area contributed by atoms with Crippen molar-refractivity contribution in [3.63, 3.8) is 0 Å². The molecular weight excluding hydrogens is 295 g/mol. The molecule has 2 rings (SSSR count). The molecule has 0 aliphatic carbocycles. The summed E-state index contributed by atoms with van der Waals surface area (Å²) in [4.78, 5) is 6.80. The standard InChI is InChI=1S/C15H18ClFN2S/c1-3-14(15-18-13(8-16)10-20-15)19(2)9-11-4-6-12(17)7-5-11/h4-7,10,14H,3,8-9H2,1-2H3. The van der Waals surface area contributed by atoms with Crippen LogP contribution in [0.3, 0.4) is 0 Å². The lowest BCUT2D eigenvalue weighted by Crippen LogP contribution is -2.23. The van der Waals surface area contributed by atoms with Crippen LogP contribution >= 0.6 is 22.9 Å². The highest BCUT2D eigenvalue weighted by molar-refractivity contribution is 7.09. The van der Waals surface area contributed by atoms with Crippen molar-refractivity contribution in [1.29, 1.82) is 0 Å². The zero-order valence-electron chi connectivity index (χ0n) is 11.6. The Morgan fingerprint density at radius 1 is 1.35 bits per heavy atom. The Bertz CT molecular complexity index is 541. The van der Waals surface area contributed by atoms with Crippen molar-refractivity contribution in [3.05, 3.63) is 51.7 Å². The number of aromatic nitrogens is 1. The summed E-state index contributed by atoms with van der Waals surface area (Å²) in [6.07, 6.45) is 0.979. The summed E-state index contributed by atoms with van der Waals surface area (Å²) in [5.74, 6) is 0.254. The third-order valence-electron chi connectivity index (χ3n) is 3.26. The van der Waals surface area contributed by atoms with E-state index in [4.69, 9.17) is 11.6 Å². The molecule has 1 aromatic carbocycles. The number of benzene rings is 1. The van der Waals surface area contributed by atoms with Crippen molar-refractivity contribution in [2.75, 3.05) is 7.05 Å². The second kappa shape index (κ2) is 7.16. The van der Waals surface area contributed by atoms with Gasteiger partial charge >= 0.3 is 0 Å². The predicted molar refractivity (Wildman–Crippen MR) is 82.6 cm³/mol. The number of thiazole rings is 1. The monoisotopic (exact) mass is 312 g/mol. The van der Waals surface area contributed by atoms with Crippen molar-refractivity contribution in [1.82, 2.24) is 9.88 Å². The molecule has 2 aromatic rings. The van der Waals surface area contributed by atoms with E-state index in [2.05, 4.69) is 23.9 Å². The van der Waals surface area contributed by atoms with Crippen LogP contribution in [0, 0.1) is 5.82 Å². The Morgan fingerprint density at radius 2 is 2.05 bits per heavy atom. The summed E-state index contributed by atoms with van der Waals surface area (Å²) >= 11 is 7.46. The summed E-state index contributed by atoms with van der Waals surface area (Å²) in [5.41, 5.74) is 2.03. The van der Waals surface area contributed by atoms with E-state index in [0.717, 1.165) is 29.2 Å². The van der Waals surface area contributed by atoms with Crippen LogP contribution in [0.2, 0.25) is 0 Å². The van der Waals surface area contributed by atoms with E-state index in [0.29, 0.717) is 5.88 Å². The summed E-state index contributed by atoms with van der Waals surface area (Å²) in [7, 11) is 2.07. The fraction of sp³-hybridized carbons (Fsp3) is 0.400. The van der Waals surface area contributed by atoms with E-state index in [-0.39, 0.29) is 11.9 Å². The predicted octanol–water partition coefficient (Wildman–Crippen LogP) is 4.60. The molecule has 0 N–H and O–H groups in total. The minimum absolute atomic E-state index is 0.199. The third kappa shape index (κ3) is 3.78. The maximum atomic E-state index is 12.9. The van der Waals surface area contributed by atoms with E-state index >= 15 is 0 Å². The van der Waals surface area contributed by atoms with Gasteiger partial charge in [0, 0.05) is 11.9 Å². The summed E-state index contributed by atoms with van der Waals surface area (Å²) in [5, 5.41) is 3.10. The number of nitrogens with zero attached hydrogens (tertiary/aromatic N) is 2. The van der Waals surface area contributed by atoms with Crippen LogP contribution < -0.4 is 0 Å². The van der Waals surface area contributed by atoms with E-state index in [9.17, 15) is 4.39 Å². The first-order valence-corrected chi connectivity index (χ1v) is 8.00. The SMILES string of the molecule is CCC(c1nc(CCl)cs1)N(C)Cc1ccc(F)cc1. The topological polar surface area (TPSA) is 16.1 Å². The zero-order chi connectivity index (χ0) is 14.5. The van der Waals surface area contributed by atoms with Crippen LogP contribution in [0.4, 0.5) is 4.39 Å². The Hall–Kier alpha value is -0.970. The van der Waals surface area contributed by atoms with Gasteiger partial charge in [-0.2, -0.15) is 0 Å². The third-order valence-corrected chi connectivity index (χ3v) is 4.52. The quantitative estimate of drug-likeness (QED) is 0.724. The minimum atomic E-state index is -0.199. The van der Waals surface area contributed by atoms with Gasteiger partial charge in [-0.25, -0.2) is 9.37 Å². The van der Waals surface area contributed by atoms with E-state index in [1.807, 2.05) is 17.5 Å². The molecule has 0 amide bonds. The van der Waals surface area contributed by atoms with Gasteiger partial charge in [0.2, 0.25) is 0 Å². The van der Waals surface area contributed by atoms with Crippen LogP contribution in [0.25, 0.3) is 0 Å². The van der Waals surface area contributed by atoms with Crippen molar-refractivity contribution in [2.45, 2.75) is 31.8 Å². The second-order valence-electron chi connectivity index (χ2n) is 4.78. The summed E-state index contributed by atoms with van der Waals surface area (Å²) in [6, 6.07) is 6.91. The number of hydrogen-bond acceptors (Lipinski definition) is 3. The molecule has 1 heterocycles. The molecule has 0 radical (unpaired) electrons. The second-order valence-corrected chi connectivity index (χ2v) is 5.93. The molecule has 0 fully saturated rings. The fourth-order valence-electron chi connectivity index (χ4n) is 2.20. The van der Waals surface area contributed by atoms with Gasteiger partial charge in [0.1, 0.15) is 10.8 Å². The highest BCUT2D eigenvalue weighted by Gasteiger charge is 2.18. The van der Waals surface area contributed by atoms with E-state index < -0.39 is 0 Å². The number of alkyl halides is 1. The van der Waals surface area contributed by atoms with Gasteiger partial charge in [-0.05, 0) is 31.2 Å². The van der Waals surface area contributed by atoms with Crippen LogP contribution in [-0.4, -0.2) is 16.9 Å². The van der Waals surface area contributed by atoms with Gasteiger partial charge in [0.05, 0.1) is 17.6 Å². The molecule has 1 atom stereocenters. The molecule has 108 valence electrons. The van der Waals surface area contributed by atoms with Crippen LogP contribution in [0.5, 0.6) is 0 Å². The average Bonchev–Trinajstić information content (AvgIpc) is 2.91. The first kappa shape index (κ1) is 15.4.